The van der Waals surface area contributed by atoms with Gasteiger partial charge < -0.3 is 34.1 Å². The van der Waals surface area contributed by atoms with E-state index in [-0.39, 0.29) is 10.9 Å². The number of nitrogens with one attached hydrogen (secondary N) is 1. The molecule has 1 heterocycles. The molecule has 0 radical (unpaired) electrons. The monoisotopic (exact) mass is 527 g/mol. The first kappa shape index (κ1) is 26.0. The summed E-state index contributed by atoms with van der Waals surface area (Å²) in [5.41, 5.74) is 2.00. The minimum absolute atomic E-state index is 0.217. The number of fused-ring (bicyclic) bond motifs is 1. The summed E-state index contributed by atoms with van der Waals surface area (Å²) in [6.45, 7) is 0.742. The van der Waals surface area contributed by atoms with Gasteiger partial charge in [0, 0.05) is 36.2 Å². The summed E-state index contributed by atoms with van der Waals surface area (Å²) in [5, 5.41) is 12.1. The average Bonchev–Trinajstić information content (AvgIpc) is 2.89. The number of methoxy groups -OCH3 is 2. The summed E-state index contributed by atoms with van der Waals surface area (Å²) < 4.78 is 27.0. The van der Waals surface area contributed by atoms with Gasteiger partial charge in [0.2, 0.25) is 0 Å². The smallest absolute Gasteiger partial charge is 0.497 e. The Labute approximate surface area is 218 Å². The molecule has 0 aromatic heterocycles. The fraction of sp³-hybridized carbons (Fsp3) is 0.259. The predicted octanol–water partition coefficient (Wildman–Crippen LogP) is 5.64. The van der Waals surface area contributed by atoms with Crippen LogP contribution in [0, 0.1) is 0 Å². The lowest BCUT2D eigenvalue weighted by Crippen LogP contribution is -2.25. The molecular formula is C27H26ClNO8. The van der Waals surface area contributed by atoms with Crippen molar-refractivity contribution < 1.29 is 38.4 Å². The van der Waals surface area contributed by atoms with Crippen LogP contribution in [-0.4, -0.2) is 44.5 Å². The zero-order valence-corrected chi connectivity index (χ0v) is 21.0. The van der Waals surface area contributed by atoms with Crippen LogP contribution in [0.5, 0.6) is 28.7 Å². The van der Waals surface area contributed by atoms with Gasteiger partial charge >= 0.3 is 6.16 Å². The SMILES string of the molecule is COc1cc(CCNC(=O)c2ccc(Oc3cc4c(cc3Cl)C(OC(=O)O)CCO4)cc2)cc(OC)c1. The Kier molecular flexibility index (Phi) is 8.25. The molecule has 1 unspecified atom stereocenters. The Morgan fingerprint density at radius 3 is 2.38 bits per heavy atom. The average molecular weight is 528 g/mol. The Morgan fingerprint density at radius 1 is 1.03 bits per heavy atom. The maximum absolute atomic E-state index is 12.6. The zero-order chi connectivity index (χ0) is 26.4. The highest BCUT2D eigenvalue weighted by molar-refractivity contribution is 6.32. The van der Waals surface area contributed by atoms with Crippen LogP contribution in [0.1, 0.15) is 34.0 Å². The number of carbonyl (C=O) groups excluding carboxylic acids is 1. The molecule has 10 heteroatoms. The van der Waals surface area contributed by atoms with Crippen LogP contribution in [0.4, 0.5) is 4.79 Å². The van der Waals surface area contributed by atoms with Gasteiger partial charge in [-0.2, -0.15) is 0 Å². The van der Waals surface area contributed by atoms with E-state index in [2.05, 4.69) is 5.32 Å². The van der Waals surface area contributed by atoms with E-state index in [0.717, 1.165) is 5.56 Å². The van der Waals surface area contributed by atoms with E-state index in [4.69, 9.17) is 40.4 Å². The van der Waals surface area contributed by atoms with Gasteiger partial charge in [-0.25, -0.2) is 4.79 Å². The first-order valence-electron chi connectivity index (χ1n) is 11.5. The van der Waals surface area contributed by atoms with Crippen LogP contribution >= 0.6 is 11.6 Å². The molecule has 4 rings (SSSR count). The normalized spacial score (nSPS) is 14.1. The van der Waals surface area contributed by atoms with Crippen LogP contribution < -0.4 is 24.3 Å². The molecule has 0 saturated carbocycles. The number of amides is 1. The summed E-state index contributed by atoms with van der Waals surface area (Å²) >= 11 is 6.38. The second-order valence-electron chi connectivity index (χ2n) is 8.18. The Morgan fingerprint density at radius 2 is 1.73 bits per heavy atom. The molecule has 194 valence electrons. The highest BCUT2D eigenvalue weighted by Gasteiger charge is 2.27. The van der Waals surface area contributed by atoms with E-state index in [0.29, 0.717) is 65.9 Å². The highest BCUT2D eigenvalue weighted by atomic mass is 35.5. The van der Waals surface area contributed by atoms with Gasteiger partial charge in [0.05, 0.1) is 25.8 Å². The summed E-state index contributed by atoms with van der Waals surface area (Å²) in [6.07, 6.45) is -1.01. The quantitative estimate of drug-likeness (QED) is 0.344. The molecule has 2 N–H and O–H groups in total. The van der Waals surface area contributed by atoms with E-state index < -0.39 is 12.3 Å². The standard InChI is InChI=1S/C27H26ClNO8/c1-33-19-11-16(12-20(13-19)34-2)7-9-29-26(30)17-3-5-18(6-4-17)36-25-15-24-21(14-22(25)28)23(8-10-35-24)37-27(31)32/h3-6,11-15,23H,7-10H2,1-2H3,(H,29,30)(H,31,32). The van der Waals surface area contributed by atoms with Crippen LogP contribution in [0.25, 0.3) is 0 Å². The lowest BCUT2D eigenvalue weighted by Gasteiger charge is -2.25. The molecule has 3 aromatic carbocycles. The molecule has 1 aliphatic heterocycles. The minimum Gasteiger partial charge on any atom is -0.497 e. The van der Waals surface area contributed by atoms with Crippen molar-refractivity contribution in [3.8, 4) is 28.7 Å². The maximum atomic E-state index is 12.6. The van der Waals surface area contributed by atoms with E-state index >= 15 is 0 Å². The van der Waals surface area contributed by atoms with Crippen molar-refractivity contribution in [1.29, 1.82) is 0 Å². The number of hydrogen-bond acceptors (Lipinski definition) is 7. The van der Waals surface area contributed by atoms with E-state index in [1.807, 2.05) is 12.1 Å². The van der Waals surface area contributed by atoms with Gasteiger partial charge in [-0.1, -0.05) is 11.6 Å². The molecule has 0 saturated heterocycles. The number of halogens is 1. The van der Waals surface area contributed by atoms with Crippen molar-refractivity contribution >= 4 is 23.7 Å². The fourth-order valence-corrected chi connectivity index (χ4v) is 4.13. The molecule has 0 spiro atoms. The Bertz CT molecular complexity index is 1260. The molecule has 9 nitrogen and oxygen atoms in total. The topological polar surface area (TPSA) is 113 Å². The summed E-state index contributed by atoms with van der Waals surface area (Å²) in [4.78, 5) is 23.5. The second kappa shape index (κ2) is 11.7. The Balaban J connectivity index is 1.36. The van der Waals surface area contributed by atoms with E-state index in [1.165, 1.54) is 0 Å². The fourth-order valence-electron chi connectivity index (χ4n) is 3.91. The summed E-state index contributed by atoms with van der Waals surface area (Å²) in [6, 6.07) is 15.4. The van der Waals surface area contributed by atoms with Gasteiger partial charge in [-0.05, 0) is 54.4 Å². The molecule has 3 aromatic rings. The van der Waals surface area contributed by atoms with Gasteiger partial charge in [0.25, 0.3) is 5.91 Å². The third kappa shape index (κ3) is 6.56. The summed E-state index contributed by atoms with van der Waals surface area (Å²) in [5.74, 6) is 2.41. The number of ether oxygens (including phenoxy) is 5. The van der Waals surface area contributed by atoms with Crippen LogP contribution in [-0.2, 0) is 11.2 Å². The van der Waals surface area contributed by atoms with Crippen molar-refractivity contribution in [2.45, 2.75) is 18.9 Å². The number of carbonyl (C=O) groups is 2. The summed E-state index contributed by atoms with van der Waals surface area (Å²) in [7, 11) is 3.18. The molecule has 1 atom stereocenters. The molecule has 0 fully saturated rings. The third-order valence-corrected chi connectivity index (χ3v) is 6.04. The molecule has 1 amide bonds. The van der Waals surface area contributed by atoms with Gasteiger partial charge in [-0.3, -0.25) is 4.79 Å². The largest absolute Gasteiger partial charge is 0.506 e. The first-order chi connectivity index (χ1) is 17.9. The number of hydrogen-bond donors (Lipinski definition) is 2. The molecule has 37 heavy (non-hydrogen) atoms. The molecule has 1 aliphatic rings. The van der Waals surface area contributed by atoms with Crippen LogP contribution in [0.15, 0.2) is 54.6 Å². The first-order valence-corrected chi connectivity index (χ1v) is 11.9. The lowest BCUT2D eigenvalue weighted by atomic mass is 10.0. The highest BCUT2D eigenvalue weighted by Crippen LogP contribution is 2.42. The van der Waals surface area contributed by atoms with E-state index in [9.17, 15) is 9.59 Å². The van der Waals surface area contributed by atoms with Crippen LogP contribution in [0.2, 0.25) is 5.02 Å². The van der Waals surface area contributed by atoms with E-state index in [1.54, 1.807) is 56.7 Å². The van der Waals surface area contributed by atoms with Crippen molar-refractivity contribution in [3.05, 3.63) is 76.3 Å². The molecular weight excluding hydrogens is 502 g/mol. The zero-order valence-electron chi connectivity index (χ0n) is 20.3. The van der Waals surface area contributed by atoms with Crippen molar-refractivity contribution in [2.75, 3.05) is 27.4 Å². The number of benzene rings is 3. The third-order valence-electron chi connectivity index (χ3n) is 5.75. The van der Waals surface area contributed by atoms with Crippen LogP contribution in [0.3, 0.4) is 0 Å². The van der Waals surface area contributed by atoms with Gasteiger partial charge in [0.15, 0.2) is 0 Å². The molecule has 0 bridgehead atoms. The minimum atomic E-state index is -1.36. The van der Waals surface area contributed by atoms with Crippen molar-refractivity contribution in [3.63, 3.8) is 0 Å². The number of carboxylic acid groups (broad SMARTS) is 1. The van der Waals surface area contributed by atoms with Gasteiger partial charge in [-0.15, -0.1) is 0 Å². The predicted molar refractivity (Wildman–Crippen MR) is 136 cm³/mol. The van der Waals surface area contributed by atoms with Crippen molar-refractivity contribution in [1.82, 2.24) is 5.32 Å². The van der Waals surface area contributed by atoms with Crippen molar-refractivity contribution in [2.24, 2.45) is 0 Å². The maximum Gasteiger partial charge on any atom is 0.506 e. The lowest BCUT2D eigenvalue weighted by molar-refractivity contribution is 0.0326. The Hall–Kier alpha value is -4.11. The molecule has 0 aliphatic carbocycles. The number of rotatable bonds is 9. The van der Waals surface area contributed by atoms with Gasteiger partial charge in [0.1, 0.15) is 34.9 Å². The second-order valence-corrected chi connectivity index (χ2v) is 8.59.